The molecular weight excluding hydrogens is 354 g/mol. The lowest BCUT2D eigenvalue weighted by Crippen LogP contribution is -2.49. The Morgan fingerprint density at radius 3 is 3.16 bits per heavy atom. The Labute approximate surface area is 155 Å². The molecule has 1 aromatic carbocycles. The van der Waals surface area contributed by atoms with E-state index >= 15 is 0 Å². The molecule has 6 heteroatoms. The standard InChI is InChI=1S/C19H20ClN3OS/c1-11-8-19(18-13(4-5-24-19)7-17(20)25-18)9-16(22-11)12-2-3-15-14(6-12)10-21-23-15/h2-3,6-7,10-11,16,22H,4-5,8-9H2,1H3,(H,21,23)/t11-,16-,19-/m0/s1. The van der Waals surface area contributed by atoms with Gasteiger partial charge in [0.05, 0.1) is 22.7 Å². The van der Waals surface area contributed by atoms with Crippen molar-refractivity contribution in [1.82, 2.24) is 15.5 Å². The van der Waals surface area contributed by atoms with E-state index < -0.39 is 0 Å². The Kier molecular flexibility index (Phi) is 3.68. The summed E-state index contributed by atoms with van der Waals surface area (Å²) < 4.78 is 7.31. The lowest BCUT2D eigenvalue weighted by atomic mass is 9.78. The van der Waals surface area contributed by atoms with Crippen LogP contribution < -0.4 is 5.32 Å². The first-order valence-electron chi connectivity index (χ1n) is 8.75. The van der Waals surface area contributed by atoms with Gasteiger partial charge in [-0.2, -0.15) is 5.10 Å². The molecule has 5 rings (SSSR count). The van der Waals surface area contributed by atoms with E-state index in [0.29, 0.717) is 6.04 Å². The fourth-order valence-electron chi connectivity index (χ4n) is 4.45. The first-order chi connectivity index (χ1) is 12.1. The first-order valence-corrected chi connectivity index (χ1v) is 9.94. The van der Waals surface area contributed by atoms with E-state index in [9.17, 15) is 0 Å². The topological polar surface area (TPSA) is 49.9 Å². The first kappa shape index (κ1) is 15.8. The second kappa shape index (κ2) is 5.81. The minimum atomic E-state index is -0.216. The van der Waals surface area contributed by atoms with Gasteiger partial charge in [-0.25, -0.2) is 0 Å². The van der Waals surface area contributed by atoms with E-state index in [1.807, 2.05) is 6.20 Å². The normalized spacial score (nSPS) is 29.2. The predicted molar refractivity (Wildman–Crippen MR) is 101 cm³/mol. The molecule has 4 heterocycles. The van der Waals surface area contributed by atoms with Crippen LogP contribution in [-0.4, -0.2) is 22.8 Å². The molecule has 0 radical (unpaired) electrons. The van der Waals surface area contributed by atoms with Crippen molar-refractivity contribution in [2.45, 2.75) is 43.9 Å². The van der Waals surface area contributed by atoms with Gasteiger partial charge >= 0.3 is 0 Å². The van der Waals surface area contributed by atoms with Gasteiger partial charge < -0.3 is 10.1 Å². The molecule has 1 saturated heterocycles. The molecule has 3 aromatic rings. The minimum Gasteiger partial charge on any atom is -0.369 e. The fraction of sp³-hybridized carbons (Fsp3) is 0.421. The number of thiophene rings is 1. The van der Waals surface area contributed by atoms with Crippen LogP contribution in [0, 0.1) is 0 Å². The Balaban J connectivity index is 1.55. The molecule has 2 aliphatic heterocycles. The Hall–Kier alpha value is -1.40. The number of nitrogens with zero attached hydrogens (tertiary/aromatic N) is 1. The van der Waals surface area contributed by atoms with Gasteiger partial charge in [0.15, 0.2) is 0 Å². The zero-order valence-corrected chi connectivity index (χ0v) is 15.6. The number of ether oxygens (including phenoxy) is 1. The number of aromatic amines is 1. The Morgan fingerprint density at radius 2 is 2.24 bits per heavy atom. The molecule has 25 heavy (non-hydrogen) atoms. The zero-order chi connectivity index (χ0) is 17.0. The van der Waals surface area contributed by atoms with Crippen molar-refractivity contribution in [3.63, 3.8) is 0 Å². The smallest absolute Gasteiger partial charge is 0.106 e. The van der Waals surface area contributed by atoms with E-state index in [2.05, 4.69) is 46.7 Å². The van der Waals surface area contributed by atoms with Gasteiger partial charge in [0.1, 0.15) is 5.60 Å². The van der Waals surface area contributed by atoms with Crippen LogP contribution in [-0.2, 0) is 16.8 Å². The van der Waals surface area contributed by atoms with Crippen molar-refractivity contribution in [1.29, 1.82) is 0 Å². The summed E-state index contributed by atoms with van der Waals surface area (Å²) in [5, 5.41) is 12.1. The lowest BCUT2D eigenvalue weighted by molar-refractivity contribution is -0.0954. The van der Waals surface area contributed by atoms with Crippen LogP contribution in [0.5, 0.6) is 0 Å². The molecule has 130 valence electrons. The van der Waals surface area contributed by atoms with Gasteiger partial charge in [-0.3, -0.25) is 5.10 Å². The van der Waals surface area contributed by atoms with E-state index in [0.717, 1.165) is 41.1 Å². The molecule has 0 bridgehead atoms. The van der Waals surface area contributed by atoms with Gasteiger partial charge in [-0.1, -0.05) is 17.7 Å². The SMILES string of the molecule is C[C@H]1C[C@@]2(C[C@@H](c3ccc4[nH]ncc4c3)N1)OCCc1cc(Cl)sc12. The number of benzene rings is 1. The number of nitrogens with one attached hydrogen (secondary N) is 2. The number of piperidine rings is 1. The monoisotopic (exact) mass is 373 g/mol. The quantitative estimate of drug-likeness (QED) is 0.657. The van der Waals surface area contributed by atoms with E-state index in [4.69, 9.17) is 16.3 Å². The number of aromatic nitrogens is 2. The zero-order valence-electron chi connectivity index (χ0n) is 14.0. The van der Waals surface area contributed by atoms with Crippen LogP contribution in [0.1, 0.15) is 41.8 Å². The van der Waals surface area contributed by atoms with Crippen molar-refractivity contribution < 1.29 is 4.74 Å². The molecule has 4 nitrogen and oxygen atoms in total. The van der Waals surface area contributed by atoms with Crippen LogP contribution in [0.15, 0.2) is 30.5 Å². The number of halogens is 1. The Morgan fingerprint density at radius 1 is 1.32 bits per heavy atom. The lowest BCUT2D eigenvalue weighted by Gasteiger charge is -2.46. The number of hydrogen-bond acceptors (Lipinski definition) is 4. The molecule has 0 saturated carbocycles. The summed E-state index contributed by atoms with van der Waals surface area (Å²) in [4.78, 5) is 1.34. The van der Waals surface area contributed by atoms with Crippen molar-refractivity contribution in [3.8, 4) is 0 Å². The molecule has 0 unspecified atom stereocenters. The highest BCUT2D eigenvalue weighted by molar-refractivity contribution is 7.16. The number of fused-ring (bicyclic) bond motifs is 3. The molecule has 1 fully saturated rings. The average Bonchev–Trinajstić information content (AvgIpc) is 3.20. The maximum Gasteiger partial charge on any atom is 0.106 e. The number of hydrogen-bond donors (Lipinski definition) is 2. The summed E-state index contributed by atoms with van der Waals surface area (Å²) in [6, 6.07) is 9.30. The number of H-pyrrole nitrogens is 1. The average molecular weight is 374 g/mol. The van der Waals surface area contributed by atoms with Gasteiger partial charge in [0.25, 0.3) is 0 Å². The summed E-state index contributed by atoms with van der Waals surface area (Å²) in [5.74, 6) is 0. The molecule has 2 aromatic heterocycles. The molecule has 3 atom stereocenters. The van der Waals surface area contributed by atoms with Gasteiger partial charge in [0.2, 0.25) is 0 Å². The summed E-state index contributed by atoms with van der Waals surface area (Å²) >= 11 is 8.03. The second-order valence-corrected chi connectivity index (χ2v) is 8.93. The highest BCUT2D eigenvalue weighted by Crippen LogP contribution is 2.50. The molecule has 0 amide bonds. The summed E-state index contributed by atoms with van der Waals surface area (Å²) in [5.41, 5.74) is 3.52. The summed E-state index contributed by atoms with van der Waals surface area (Å²) in [7, 11) is 0. The van der Waals surface area contributed by atoms with Crippen molar-refractivity contribution in [2.24, 2.45) is 0 Å². The molecule has 0 aliphatic carbocycles. The van der Waals surface area contributed by atoms with Gasteiger partial charge in [-0.05, 0) is 49.1 Å². The van der Waals surface area contributed by atoms with Crippen LogP contribution in [0.2, 0.25) is 4.34 Å². The molecule has 1 spiro atoms. The van der Waals surface area contributed by atoms with Gasteiger partial charge in [0, 0.05) is 28.8 Å². The minimum absolute atomic E-state index is 0.216. The number of rotatable bonds is 1. The third kappa shape index (κ3) is 2.61. The molecule has 2 N–H and O–H groups in total. The molecule has 2 aliphatic rings. The van der Waals surface area contributed by atoms with Crippen LogP contribution >= 0.6 is 22.9 Å². The van der Waals surface area contributed by atoms with E-state index in [1.165, 1.54) is 16.0 Å². The summed E-state index contributed by atoms with van der Waals surface area (Å²) in [6.45, 7) is 3.03. The highest BCUT2D eigenvalue weighted by atomic mass is 35.5. The maximum atomic E-state index is 6.43. The van der Waals surface area contributed by atoms with Crippen molar-refractivity contribution in [3.05, 3.63) is 50.8 Å². The highest BCUT2D eigenvalue weighted by Gasteiger charge is 2.46. The van der Waals surface area contributed by atoms with Crippen LogP contribution in [0.4, 0.5) is 0 Å². The fourth-order valence-corrected chi connectivity index (χ4v) is 5.92. The predicted octanol–water partition coefficient (Wildman–Crippen LogP) is 4.56. The second-order valence-electron chi connectivity index (χ2n) is 7.24. The van der Waals surface area contributed by atoms with E-state index in [-0.39, 0.29) is 11.6 Å². The molecular formula is C19H20ClN3OS. The van der Waals surface area contributed by atoms with Crippen molar-refractivity contribution in [2.75, 3.05) is 6.61 Å². The summed E-state index contributed by atoms with van der Waals surface area (Å²) in [6.07, 6.45) is 4.77. The van der Waals surface area contributed by atoms with Gasteiger partial charge in [-0.15, -0.1) is 11.3 Å². The van der Waals surface area contributed by atoms with Crippen LogP contribution in [0.3, 0.4) is 0 Å². The van der Waals surface area contributed by atoms with E-state index in [1.54, 1.807) is 11.3 Å². The third-order valence-corrected chi connectivity index (χ3v) is 6.96. The Bertz CT molecular complexity index is 936. The largest absolute Gasteiger partial charge is 0.369 e. The van der Waals surface area contributed by atoms with Crippen molar-refractivity contribution >= 4 is 33.8 Å². The van der Waals surface area contributed by atoms with Crippen LogP contribution in [0.25, 0.3) is 10.9 Å². The maximum absolute atomic E-state index is 6.43. The third-order valence-electron chi connectivity index (χ3n) is 5.46.